The Morgan fingerprint density at radius 3 is 2.06 bits per heavy atom. The Kier molecular flexibility index (Phi) is 3.59. The molecule has 0 saturated heterocycles. The minimum absolute atomic E-state index is 0.00725. The Balaban J connectivity index is 2.44. The molecule has 94 valence electrons. The predicted octanol–water partition coefficient (Wildman–Crippen LogP) is 3.84. The lowest BCUT2D eigenvalue weighted by atomic mass is 10.0. The molecule has 0 heterocycles. The topological polar surface area (TPSA) is 20.2 Å². The van der Waals surface area contributed by atoms with Crippen molar-refractivity contribution in [2.75, 3.05) is 0 Å². The molecule has 0 bridgehead atoms. The highest BCUT2D eigenvalue weighted by molar-refractivity contribution is 6.31. The Labute approximate surface area is 106 Å². The fourth-order valence-electron chi connectivity index (χ4n) is 1.64. The molecule has 1 atom stereocenters. The maximum atomic E-state index is 13.0. The standard InChI is InChI=1S/C13H8ClF3O/c14-12-6-8(15)1-2-11(12)13(18)7-3-9(16)5-10(17)4-7/h1-6,13,18H. The monoisotopic (exact) mass is 272 g/mol. The van der Waals surface area contributed by atoms with E-state index in [0.29, 0.717) is 6.07 Å². The van der Waals surface area contributed by atoms with E-state index in [0.717, 1.165) is 24.3 Å². The number of hydrogen-bond donors (Lipinski definition) is 1. The van der Waals surface area contributed by atoms with Crippen LogP contribution in [0.25, 0.3) is 0 Å². The Morgan fingerprint density at radius 1 is 0.889 bits per heavy atom. The molecule has 0 aromatic heterocycles. The van der Waals surface area contributed by atoms with Gasteiger partial charge in [-0.15, -0.1) is 0 Å². The molecule has 0 aliphatic heterocycles. The van der Waals surface area contributed by atoms with Crippen LogP contribution >= 0.6 is 11.6 Å². The summed E-state index contributed by atoms with van der Waals surface area (Å²) in [5, 5.41) is 9.96. The molecule has 0 fully saturated rings. The molecule has 2 rings (SSSR count). The molecule has 0 amide bonds. The predicted molar refractivity (Wildman–Crippen MR) is 61.8 cm³/mol. The number of aliphatic hydroxyl groups excluding tert-OH is 1. The normalized spacial score (nSPS) is 12.5. The van der Waals surface area contributed by atoms with Gasteiger partial charge in [0.05, 0.1) is 0 Å². The second-order valence-corrected chi connectivity index (χ2v) is 4.18. The summed E-state index contributed by atoms with van der Waals surface area (Å²) >= 11 is 5.77. The minimum atomic E-state index is -1.32. The van der Waals surface area contributed by atoms with Gasteiger partial charge in [0.25, 0.3) is 0 Å². The van der Waals surface area contributed by atoms with Crippen molar-refractivity contribution >= 4 is 11.6 Å². The van der Waals surface area contributed by atoms with E-state index in [4.69, 9.17) is 11.6 Å². The molecule has 0 saturated carbocycles. The number of hydrogen-bond acceptors (Lipinski definition) is 1. The van der Waals surface area contributed by atoms with Gasteiger partial charge in [0, 0.05) is 16.7 Å². The molecule has 0 aliphatic carbocycles. The van der Waals surface area contributed by atoms with E-state index in [1.165, 1.54) is 6.07 Å². The number of rotatable bonds is 2. The maximum Gasteiger partial charge on any atom is 0.126 e. The van der Waals surface area contributed by atoms with E-state index in [9.17, 15) is 18.3 Å². The van der Waals surface area contributed by atoms with Crippen molar-refractivity contribution in [3.63, 3.8) is 0 Å². The van der Waals surface area contributed by atoms with Gasteiger partial charge in [-0.1, -0.05) is 17.7 Å². The Bertz CT molecular complexity index is 566. The quantitative estimate of drug-likeness (QED) is 0.881. The van der Waals surface area contributed by atoms with Crippen molar-refractivity contribution < 1.29 is 18.3 Å². The fourth-order valence-corrected chi connectivity index (χ4v) is 1.91. The van der Waals surface area contributed by atoms with E-state index in [2.05, 4.69) is 0 Å². The zero-order valence-electron chi connectivity index (χ0n) is 9.00. The summed E-state index contributed by atoms with van der Waals surface area (Å²) in [5.41, 5.74) is 0.198. The zero-order valence-corrected chi connectivity index (χ0v) is 9.76. The van der Waals surface area contributed by atoms with E-state index in [1.54, 1.807) is 0 Å². The van der Waals surface area contributed by atoms with Gasteiger partial charge >= 0.3 is 0 Å². The lowest BCUT2D eigenvalue weighted by Gasteiger charge is -2.13. The van der Waals surface area contributed by atoms with Gasteiger partial charge < -0.3 is 5.11 Å². The first-order valence-corrected chi connectivity index (χ1v) is 5.44. The Hall–Kier alpha value is -1.52. The van der Waals surface area contributed by atoms with E-state index >= 15 is 0 Å². The van der Waals surface area contributed by atoms with Crippen molar-refractivity contribution in [2.45, 2.75) is 6.10 Å². The first-order valence-electron chi connectivity index (χ1n) is 5.06. The number of halogens is 4. The minimum Gasteiger partial charge on any atom is -0.384 e. The zero-order chi connectivity index (χ0) is 13.3. The highest BCUT2D eigenvalue weighted by atomic mass is 35.5. The second kappa shape index (κ2) is 5.00. The van der Waals surface area contributed by atoms with Gasteiger partial charge in [-0.05, 0) is 29.8 Å². The molecule has 0 radical (unpaired) electrons. The summed E-state index contributed by atoms with van der Waals surface area (Å²) in [6.07, 6.45) is -1.32. The molecule has 18 heavy (non-hydrogen) atoms. The van der Waals surface area contributed by atoms with Crippen molar-refractivity contribution in [3.05, 3.63) is 70.0 Å². The molecule has 0 spiro atoms. The molecule has 1 unspecified atom stereocenters. The summed E-state index contributed by atoms with van der Waals surface area (Å²) in [5.74, 6) is -2.16. The largest absolute Gasteiger partial charge is 0.384 e. The van der Waals surface area contributed by atoms with E-state index < -0.39 is 23.6 Å². The third-order valence-corrected chi connectivity index (χ3v) is 2.79. The van der Waals surface area contributed by atoms with Crippen LogP contribution in [-0.4, -0.2) is 5.11 Å². The van der Waals surface area contributed by atoms with Gasteiger partial charge in [0.1, 0.15) is 23.6 Å². The lowest BCUT2D eigenvalue weighted by molar-refractivity contribution is 0.219. The van der Waals surface area contributed by atoms with Crippen molar-refractivity contribution in [3.8, 4) is 0 Å². The average molecular weight is 273 g/mol. The van der Waals surface area contributed by atoms with Crippen molar-refractivity contribution in [1.82, 2.24) is 0 Å². The first kappa shape index (κ1) is 12.9. The van der Waals surface area contributed by atoms with Crippen LogP contribution < -0.4 is 0 Å². The summed E-state index contributed by atoms with van der Waals surface area (Å²) in [7, 11) is 0. The lowest BCUT2D eigenvalue weighted by Crippen LogP contribution is -2.02. The average Bonchev–Trinajstić information content (AvgIpc) is 2.26. The third-order valence-electron chi connectivity index (χ3n) is 2.46. The van der Waals surface area contributed by atoms with Crippen molar-refractivity contribution in [1.29, 1.82) is 0 Å². The van der Waals surface area contributed by atoms with Gasteiger partial charge in [-0.2, -0.15) is 0 Å². The number of benzene rings is 2. The van der Waals surface area contributed by atoms with Crippen LogP contribution in [0.4, 0.5) is 13.2 Å². The molecule has 1 nitrogen and oxygen atoms in total. The summed E-state index contributed by atoms with van der Waals surface area (Å²) in [6.45, 7) is 0. The molecular weight excluding hydrogens is 265 g/mol. The molecular formula is C13H8ClF3O. The van der Waals surface area contributed by atoms with Crippen LogP contribution in [0.1, 0.15) is 17.2 Å². The molecule has 2 aromatic rings. The van der Waals surface area contributed by atoms with Crippen LogP contribution in [0, 0.1) is 17.5 Å². The highest BCUT2D eigenvalue weighted by Gasteiger charge is 2.16. The van der Waals surface area contributed by atoms with Crippen LogP contribution in [0.15, 0.2) is 36.4 Å². The summed E-state index contributed by atoms with van der Waals surface area (Å²) in [6, 6.07) is 6.09. The first-order chi connectivity index (χ1) is 8.47. The van der Waals surface area contributed by atoms with Gasteiger partial charge in [-0.25, -0.2) is 13.2 Å². The van der Waals surface area contributed by atoms with Crippen LogP contribution in [0.3, 0.4) is 0 Å². The van der Waals surface area contributed by atoms with Crippen LogP contribution in [0.5, 0.6) is 0 Å². The van der Waals surface area contributed by atoms with Gasteiger partial charge in [0.15, 0.2) is 0 Å². The molecule has 5 heteroatoms. The van der Waals surface area contributed by atoms with Gasteiger partial charge in [0.2, 0.25) is 0 Å². The van der Waals surface area contributed by atoms with Crippen molar-refractivity contribution in [2.24, 2.45) is 0 Å². The summed E-state index contributed by atoms with van der Waals surface area (Å²) < 4.78 is 38.9. The maximum absolute atomic E-state index is 13.0. The van der Waals surface area contributed by atoms with Crippen LogP contribution in [0.2, 0.25) is 5.02 Å². The highest BCUT2D eigenvalue weighted by Crippen LogP contribution is 2.29. The molecule has 0 aliphatic rings. The SMILES string of the molecule is OC(c1cc(F)cc(F)c1)c1ccc(F)cc1Cl. The summed E-state index contributed by atoms with van der Waals surface area (Å²) in [4.78, 5) is 0. The fraction of sp³-hybridized carbons (Fsp3) is 0.0769. The van der Waals surface area contributed by atoms with Gasteiger partial charge in [-0.3, -0.25) is 0 Å². The van der Waals surface area contributed by atoms with E-state index in [1.807, 2.05) is 0 Å². The van der Waals surface area contributed by atoms with E-state index in [-0.39, 0.29) is 16.1 Å². The number of aliphatic hydroxyl groups is 1. The second-order valence-electron chi connectivity index (χ2n) is 3.77. The third kappa shape index (κ3) is 2.66. The smallest absolute Gasteiger partial charge is 0.126 e. The van der Waals surface area contributed by atoms with Crippen LogP contribution in [-0.2, 0) is 0 Å². The molecule has 2 aromatic carbocycles. The Morgan fingerprint density at radius 2 is 1.50 bits per heavy atom. The molecule has 1 N–H and O–H groups in total.